The zero-order valence-electron chi connectivity index (χ0n) is 10.1. The smallest absolute Gasteiger partial charge is 0.0702 e. The molecule has 3 heteroatoms. The van der Waals surface area contributed by atoms with E-state index in [9.17, 15) is 5.11 Å². The minimum atomic E-state index is -0.171. The number of hydrogen-bond acceptors (Lipinski definition) is 3. The number of β-amino-alcohol motifs (C(OH)–C–C–N with tert-alkyl or cyclic N) is 1. The van der Waals surface area contributed by atoms with Crippen molar-refractivity contribution in [2.24, 2.45) is 0 Å². The van der Waals surface area contributed by atoms with Crippen LogP contribution in [0.5, 0.6) is 0 Å². The summed E-state index contributed by atoms with van der Waals surface area (Å²) in [5.74, 6) is 0. The first kappa shape index (κ1) is 12.9. The summed E-state index contributed by atoms with van der Waals surface area (Å²) in [6.45, 7) is 7.96. The fraction of sp³-hybridized carbons (Fsp3) is 1.00. The fourth-order valence-corrected chi connectivity index (χ4v) is 2.03. The second-order valence-electron chi connectivity index (χ2n) is 4.46. The van der Waals surface area contributed by atoms with Crippen LogP contribution < -0.4 is 0 Å². The standard InChI is InChI=1S/C12H25NO2/c1-3-8-15-12-6-5-7-13(10-12)9-11(14)4-2/h11-12,14H,3-10H2,1-2H3. The lowest BCUT2D eigenvalue weighted by Crippen LogP contribution is -2.43. The van der Waals surface area contributed by atoms with Crippen LogP contribution in [0.25, 0.3) is 0 Å². The molecule has 1 saturated heterocycles. The van der Waals surface area contributed by atoms with E-state index in [-0.39, 0.29) is 6.10 Å². The summed E-state index contributed by atoms with van der Waals surface area (Å²) >= 11 is 0. The number of rotatable bonds is 6. The number of nitrogens with zero attached hydrogens (tertiary/aromatic N) is 1. The second kappa shape index (κ2) is 7.20. The number of aliphatic hydroxyl groups is 1. The fourth-order valence-electron chi connectivity index (χ4n) is 2.03. The zero-order valence-corrected chi connectivity index (χ0v) is 10.1. The number of hydrogen-bond donors (Lipinski definition) is 1. The third kappa shape index (κ3) is 4.96. The molecule has 1 N–H and O–H groups in total. The van der Waals surface area contributed by atoms with Gasteiger partial charge in [-0.15, -0.1) is 0 Å². The number of ether oxygens (including phenoxy) is 1. The van der Waals surface area contributed by atoms with Gasteiger partial charge in [0.25, 0.3) is 0 Å². The van der Waals surface area contributed by atoms with E-state index in [0.29, 0.717) is 6.10 Å². The molecule has 0 aromatic heterocycles. The van der Waals surface area contributed by atoms with Gasteiger partial charge in [-0.25, -0.2) is 0 Å². The molecule has 0 aromatic carbocycles. The third-order valence-corrected chi connectivity index (χ3v) is 2.96. The van der Waals surface area contributed by atoms with E-state index < -0.39 is 0 Å². The Morgan fingerprint density at radius 2 is 2.27 bits per heavy atom. The lowest BCUT2D eigenvalue weighted by molar-refractivity contribution is -0.0119. The molecule has 1 aliphatic heterocycles. The predicted molar refractivity (Wildman–Crippen MR) is 62.0 cm³/mol. The van der Waals surface area contributed by atoms with Gasteiger partial charge >= 0.3 is 0 Å². The first-order valence-electron chi connectivity index (χ1n) is 6.28. The monoisotopic (exact) mass is 215 g/mol. The number of aliphatic hydroxyl groups excluding tert-OH is 1. The Hall–Kier alpha value is -0.120. The summed E-state index contributed by atoms with van der Waals surface area (Å²) in [6.07, 6.45) is 4.53. The number of likely N-dealkylation sites (tertiary alicyclic amines) is 1. The molecule has 3 nitrogen and oxygen atoms in total. The summed E-state index contributed by atoms with van der Waals surface area (Å²) in [5.41, 5.74) is 0. The van der Waals surface area contributed by atoms with Crippen LogP contribution in [0.2, 0.25) is 0 Å². The molecular weight excluding hydrogens is 190 g/mol. The Labute approximate surface area is 93.4 Å². The van der Waals surface area contributed by atoms with Crippen molar-refractivity contribution in [1.29, 1.82) is 0 Å². The van der Waals surface area contributed by atoms with E-state index >= 15 is 0 Å². The highest BCUT2D eigenvalue weighted by Gasteiger charge is 2.21. The lowest BCUT2D eigenvalue weighted by atomic mass is 10.1. The lowest BCUT2D eigenvalue weighted by Gasteiger charge is -2.33. The Kier molecular flexibility index (Phi) is 6.22. The van der Waals surface area contributed by atoms with Crippen molar-refractivity contribution >= 4 is 0 Å². The molecule has 0 radical (unpaired) electrons. The Bertz CT molecular complexity index is 164. The first-order valence-corrected chi connectivity index (χ1v) is 6.28. The molecule has 90 valence electrons. The van der Waals surface area contributed by atoms with E-state index in [0.717, 1.165) is 39.1 Å². The highest BCUT2D eigenvalue weighted by atomic mass is 16.5. The summed E-state index contributed by atoms with van der Waals surface area (Å²) in [7, 11) is 0. The van der Waals surface area contributed by atoms with Crippen molar-refractivity contribution in [3.8, 4) is 0 Å². The van der Waals surface area contributed by atoms with Crippen LogP contribution in [0.4, 0.5) is 0 Å². The van der Waals surface area contributed by atoms with Crippen LogP contribution in [0, 0.1) is 0 Å². The molecular formula is C12H25NO2. The van der Waals surface area contributed by atoms with Gasteiger partial charge in [-0.2, -0.15) is 0 Å². The summed E-state index contributed by atoms with van der Waals surface area (Å²) in [4.78, 5) is 2.33. The SMILES string of the molecule is CCCOC1CCCN(CC(O)CC)C1. The van der Waals surface area contributed by atoms with Gasteiger partial charge in [0.2, 0.25) is 0 Å². The average molecular weight is 215 g/mol. The molecule has 1 heterocycles. The average Bonchev–Trinajstić information content (AvgIpc) is 2.26. The van der Waals surface area contributed by atoms with Crippen molar-refractivity contribution in [1.82, 2.24) is 4.90 Å². The van der Waals surface area contributed by atoms with Gasteiger partial charge in [0.1, 0.15) is 0 Å². The number of piperidine rings is 1. The molecule has 0 aromatic rings. The maximum atomic E-state index is 9.59. The minimum absolute atomic E-state index is 0.171. The van der Waals surface area contributed by atoms with Crippen LogP contribution >= 0.6 is 0 Å². The largest absolute Gasteiger partial charge is 0.392 e. The summed E-state index contributed by atoms with van der Waals surface area (Å²) < 4.78 is 5.75. The van der Waals surface area contributed by atoms with Gasteiger partial charge in [0, 0.05) is 19.7 Å². The minimum Gasteiger partial charge on any atom is -0.392 e. The van der Waals surface area contributed by atoms with Crippen molar-refractivity contribution in [2.75, 3.05) is 26.2 Å². The molecule has 0 saturated carbocycles. The molecule has 0 spiro atoms. The normalized spacial score (nSPS) is 25.4. The van der Waals surface area contributed by atoms with E-state index in [1.54, 1.807) is 0 Å². The highest BCUT2D eigenvalue weighted by molar-refractivity contribution is 4.75. The predicted octanol–water partition coefficient (Wildman–Crippen LogP) is 1.65. The molecule has 0 amide bonds. The Morgan fingerprint density at radius 1 is 1.47 bits per heavy atom. The van der Waals surface area contributed by atoms with Crippen molar-refractivity contribution in [2.45, 2.75) is 51.7 Å². The molecule has 15 heavy (non-hydrogen) atoms. The van der Waals surface area contributed by atoms with E-state index in [4.69, 9.17) is 4.74 Å². The summed E-state index contributed by atoms with van der Waals surface area (Å²) in [5, 5.41) is 9.59. The molecule has 0 bridgehead atoms. The second-order valence-corrected chi connectivity index (χ2v) is 4.46. The Balaban J connectivity index is 2.22. The van der Waals surface area contributed by atoms with Gasteiger partial charge in [-0.1, -0.05) is 13.8 Å². The maximum absolute atomic E-state index is 9.59. The van der Waals surface area contributed by atoms with Crippen LogP contribution in [0.15, 0.2) is 0 Å². The Morgan fingerprint density at radius 3 is 2.93 bits per heavy atom. The van der Waals surface area contributed by atoms with Gasteiger partial charge in [0.15, 0.2) is 0 Å². The molecule has 1 fully saturated rings. The van der Waals surface area contributed by atoms with Gasteiger partial charge < -0.3 is 9.84 Å². The van der Waals surface area contributed by atoms with E-state index in [1.807, 2.05) is 6.92 Å². The molecule has 1 aliphatic rings. The van der Waals surface area contributed by atoms with Crippen LogP contribution in [-0.2, 0) is 4.74 Å². The molecule has 2 unspecified atom stereocenters. The third-order valence-electron chi connectivity index (χ3n) is 2.96. The first-order chi connectivity index (χ1) is 7.26. The van der Waals surface area contributed by atoms with Gasteiger partial charge in [0.05, 0.1) is 12.2 Å². The topological polar surface area (TPSA) is 32.7 Å². The van der Waals surface area contributed by atoms with Crippen molar-refractivity contribution in [3.63, 3.8) is 0 Å². The molecule has 1 rings (SSSR count). The van der Waals surface area contributed by atoms with Crippen molar-refractivity contribution in [3.05, 3.63) is 0 Å². The van der Waals surface area contributed by atoms with Gasteiger partial charge in [-0.3, -0.25) is 4.90 Å². The summed E-state index contributed by atoms with van der Waals surface area (Å²) in [6, 6.07) is 0. The van der Waals surface area contributed by atoms with Crippen LogP contribution in [0.3, 0.4) is 0 Å². The zero-order chi connectivity index (χ0) is 11.1. The maximum Gasteiger partial charge on any atom is 0.0702 e. The molecule has 0 aliphatic carbocycles. The van der Waals surface area contributed by atoms with Crippen LogP contribution in [-0.4, -0.2) is 48.5 Å². The molecule has 2 atom stereocenters. The quantitative estimate of drug-likeness (QED) is 0.731. The van der Waals surface area contributed by atoms with Gasteiger partial charge in [-0.05, 0) is 32.2 Å². The van der Waals surface area contributed by atoms with Crippen LogP contribution in [0.1, 0.15) is 39.5 Å². The van der Waals surface area contributed by atoms with E-state index in [2.05, 4.69) is 11.8 Å². The highest BCUT2D eigenvalue weighted by Crippen LogP contribution is 2.14. The van der Waals surface area contributed by atoms with E-state index in [1.165, 1.54) is 12.8 Å². The van der Waals surface area contributed by atoms with Crippen molar-refractivity contribution < 1.29 is 9.84 Å².